The molecule has 0 aliphatic rings. The molecule has 0 fully saturated rings. The average molecular weight is 274 g/mol. The average Bonchev–Trinajstić information content (AvgIpc) is 2.89. The van der Waals surface area contributed by atoms with Crippen LogP contribution < -0.4 is 5.32 Å². The maximum atomic E-state index is 12.0. The van der Waals surface area contributed by atoms with E-state index in [1.807, 2.05) is 44.3 Å². The van der Waals surface area contributed by atoms with E-state index in [0.29, 0.717) is 12.1 Å². The highest BCUT2D eigenvalue weighted by atomic mass is 16.5. The van der Waals surface area contributed by atoms with Crippen LogP contribution in [0.15, 0.2) is 30.5 Å². The fourth-order valence-electron chi connectivity index (χ4n) is 2.04. The maximum absolute atomic E-state index is 12.0. The van der Waals surface area contributed by atoms with Crippen LogP contribution in [-0.4, -0.2) is 30.1 Å². The molecule has 1 heterocycles. The fraction of sp³-hybridized carbons (Fsp3) is 0.438. The molecular formula is C16H22N2O2. The first kappa shape index (κ1) is 14.6. The van der Waals surface area contributed by atoms with Crippen molar-refractivity contribution in [3.05, 3.63) is 36.0 Å². The number of hydrogen-bond acceptors (Lipinski definition) is 2. The number of nitrogens with one attached hydrogen (secondary N) is 2. The molecule has 0 atom stereocenters. The summed E-state index contributed by atoms with van der Waals surface area (Å²) in [6.07, 6.45) is 4.05. The van der Waals surface area contributed by atoms with E-state index in [2.05, 4.69) is 10.3 Å². The van der Waals surface area contributed by atoms with Crippen LogP contribution in [0.3, 0.4) is 0 Å². The van der Waals surface area contributed by atoms with Gasteiger partial charge in [0.1, 0.15) is 0 Å². The maximum Gasteiger partial charge on any atom is 0.251 e. The summed E-state index contributed by atoms with van der Waals surface area (Å²) >= 11 is 0. The number of carbonyl (C=O) groups is 1. The Bertz CT molecular complexity index is 560. The fourth-order valence-corrected chi connectivity index (χ4v) is 2.04. The van der Waals surface area contributed by atoms with E-state index in [9.17, 15) is 4.79 Å². The largest absolute Gasteiger partial charge is 0.379 e. The number of hydrogen-bond donors (Lipinski definition) is 2. The number of carbonyl (C=O) groups excluding carboxylic acids is 1. The molecule has 4 heteroatoms. The third kappa shape index (κ3) is 4.10. The van der Waals surface area contributed by atoms with Crippen molar-refractivity contribution in [1.82, 2.24) is 10.3 Å². The summed E-state index contributed by atoms with van der Waals surface area (Å²) in [7, 11) is 0. The van der Waals surface area contributed by atoms with E-state index in [4.69, 9.17) is 4.74 Å². The molecule has 1 aromatic carbocycles. The molecule has 2 N–H and O–H groups in total. The highest BCUT2D eigenvalue weighted by Crippen LogP contribution is 2.14. The standard InChI is InChI=1S/C16H22N2O2/c1-12(2)20-10-4-3-8-18-16(19)14-5-6-15-13(11-14)7-9-17-15/h5-7,9,11-12,17H,3-4,8,10H2,1-2H3,(H,18,19). The number of rotatable bonds is 7. The minimum Gasteiger partial charge on any atom is -0.379 e. The normalized spacial score (nSPS) is 11.2. The highest BCUT2D eigenvalue weighted by Gasteiger charge is 2.05. The van der Waals surface area contributed by atoms with Gasteiger partial charge in [-0.25, -0.2) is 0 Å². The Morgan fingerprint density at radius 3 is 2.95 bits per heavy atom. The lowest BCUT2D eigenvalue weighted by Crippen LogP contribution is -2.24. The van der Waals surface area contributed by atoms with Gasteiger partial charge < -0.3 is 15.0 Å². The lowest BCUT2D eigenvalue weighted by molar-refractivity contribution is 0.0754. The molecule has 0 radical (unpaired) electrons. The molecule has 0 spiro atoms. The smallest absolute Gasteiger partial charge is 0.251 e. The quantitative estimate of drug-likeness (QED) is 0.762. The summed E-state index contributed by atoms with van der Waals surface area (Å²) < 4.78 is 5.46. The van der Waals surface area contributed by atoms with E-state index in [1.54, 1.807) is 0 Å². The molecule has 4 nitrogen and oxygen atoms in total. The number of H-pyrrole nitrogens is 1. The molecule has 0 aliphatic heterocycles. The number of aromatic amines is 1. The first-order valence-corrected chi connectivity index (χ1v) is 7.14. The van der Waals surface area contributed by atoms with E-state index in [1.165, 1.54) is 0 Å². The monoisotopic (exact) mass is 274 g/mol. The van der Waals surface area contributed by atoms with Crippen molar-refractivity contribution in [2.24, 2.45) is 0 Å². The summed E-state index contributed by atoms with van der Waals surface area (Å²) in [6.45, 7) is 5.49. The highest BCUT2D eigenvalue weighted by molar-refractivity contribution is 5.98. The van der Waals surface area contributed by atoms with Crippen molar-refractivity contribution in [3.63, 3.8) is 0 Å². The number of unbranched alkanes of at least 4 members (excludes halogenated alkanes) is 1. The Labute approximate surface area is 119 Å². The number of amides is 1. The second-order valence-corrected chi connectivity index (χ2v) is 5.16. The van der Waals surface area contributed by atoms with Gasteiger partial charge in [0, 0.05) is 35.8 Å². The van der Waals surface area contributed by atoms with Gasteiger partial charge in [0.25, 0.3) is 5.91 Å². The topological polar surface area (TPSA) is 54.1 Å². The predicted molar refractivity (Wildman–Crippen MR) is 81.0 cm³/mol. The van der Waals surface area contributed by atoms with Crippen LogP contribution in [-0.2, 0) is 4.74 Å². The molecule has 2 rings (SSSR count). The Hall–Kier alpha value is -1.81. The molecule has 0 aliphatic carbocycles. The summed E-state index contributed by atoms with van der Waals surface area (Å²) in [5.74, 6) is -0.0159. The van der Waals surface area contributed by atoms with E-state index < -0.39 is 0 Å². The zero-order valence-corrected chi connectivity index (χ0v) is 12.1. The Morgan fingerprint density at radius 1 is 1.30 bits per heavy atom. The SMILES string of the molecule is CC(C)OCCCCNC(=O)c1ccc2[nH]ccc2c1. The van der Waals surface area contributed by atoms with Gasteiger partial charge in [-0.1, -0.05) is 0 Å². The van der Waals surface area contributed by atoms with Gasteiger partial charge >= 0.3 is 0 Å². The van der Waals surface area contributed by atoms with Crippen molar-refractivity contribution < 1.29 is 9.53 Å². The van der Waals surface area contributed by atoms with Crippen molar-refractivity contribution in [3.8, 4) is 0 Å². The molecule has 20 heavy (non-hydrogen) atoms. The third-order valence-corrected chi connectivity index (χ3v) is 3.12. The van der Waals surface area contributed by atoms with Crippen molar-refractivity contribution in [2.75, 3.05) is 13.2 Å². The lowest BCUT2D eigenvalue weighted by atomic mass is 10.1. The van der Waals surface area contributed by atoms with Gasteiger partial charge in [0.05, 0.1) is 6.10 Å². The first-order chi connectivity index (χ1) is 9.66. The molecule has 0 saturated carbocycles. The van der Waals surface area contributed by atoms with Gasteiger partial charge in [0.15, 0.2) is 0 Å². The number of ether oxygens (including phenoxy) is 1. The first-order valence-electron chi connectivity index (χ1n) is 7.14. The van der Waals surface area contributed by atoms with E-state index in [0.717, 1.165) is 30.4 Å². The molecule has 0 saturated heterocycles. The number of aromatic nitrogens is 1. The predicted octanol–water partition coefficient (Wildman–Crippen LogP) is 3.10. The zero-order chi connectivity index (χ0) is 14.4. The van der Waals surface area contributed by atoms with Crippen LogP contribution in [0.2, 0.25) is 0 Å². The third-order valence-electron chi connectivity index (χ3n) is 3.12. The Kier molecular flexibility index (Phi) is 5.18. The van der Waals surface area contributed by atoms with Gasteiger partial charge in [-0.3, -0.25) is 4.79 Å². The van der Waals surface area contributed by atoms with E-state index >= 15 is 0 Å². The van der Waals surface area contributed by atoms with Gasteiger partial charge in [-0.05, 0) is 51.0 Å². The summed E-state index contributed by atoms with van der Waals surface area (Å²) in [4.78, 5) is 15.1. The number of fused-ring (bicyclic) bond motifs is 1. The van der Waals surface area contributed by atoms with Crippen LogP contribution in [0.5, 0.6) is 0 Å². The Balaban J connectivity index is 1.74. The lowest BCUT2D eigenvalue weighted by Gasteiger charge is -2.08. The summed E-state index contributed by atoms with van der Waals surface area (Å²) in [5.41, 5.74) is 1.75. The van der Waals surface area contributed by atoms with Crippen LogP contribution in [0.4, 0.5) is 0 Å². The van der Waals surface area contributed by atoms with Crippen LogP contribution in [0.1, 0.15) is 37.0 Å². The molecule has 0 bridgehead atoms. The second-order valence-electron chi connectivity index (χ2n) is 5.16. The van der Waals surface area contributed by atoms with Gasteiger partial charge in [-0.2, -0.15) is 0 Å². The van der Waals surface area contributed by atoms with Crippen molar-refractivity contribution in [2.45, 2.75) is 32.8 Å². The molecule has 1 amide bonds. The summed E-state index contributed by atoms with van der Waals surface area (Å²) in [6, 6.07) is 7.65. The molecule has 1 aromatic heterocycles. The Morgan fingerprint density at radius 2 is 2.15 bits per heavy atom. The molecule has 2 aromatic rings. The minimum absolute atomic E-state index is 0.0159. The van der Waals surface area contributed by atoms with Crippen molar-refractivity contribution >= 4 is 16.8 Å². The van der Waals surface area contributed by atoms with Crippen LogP contribution in [0.25, 0.3) is 10.9 Å². The number of benzene rings is 1. The van der Waals surface area contributed by atoms with Crippen molar-refractivity contribution in [1.29, 1.82) is 0 Å². The summed E-state index contributed by atoms with van der Waals surface area (Å²) in [5, 5.41) is 4.00. The van der Waals surface area contributed by atoms with Crippen LogP contribution in [0, 0.1) is 0 Å². The van der Waals surface area contributed by atoms with Crippen LogP contribution >= 0.6 is 0 Å². The van der Waals surface area contributed by atoms with E-state index in [-0.39, 0.29) is 12.0 Å². The second kappa shape index (κ2) is 7.10. The van der Waals surface area contributed by atoms with Gasteiger partial charge in [-0.15, -0.1) is 0 Å². The molecule has 108 valence electrons. The minimum atomic E-state index is -0.0159. The van der Waals surface area contributed by atoms with Gasteiger partial charge in [0.2, 0.25) is 0 Å². The molecule has 0 unspecified atom stereocenters. The zero-order valence-electron chi connectivity index (χ0n) is 12.1. The molecular weight excluding hydrogens is 252 g/mol.